The summed E-state index contributed by atoms with van der Waals surface area (Å²) in [6.45, 7) is 4.05. The highest BCUT2D eigenvalue weighted by molar-refractivity contribution is 7.13. The first-order valence-corrected chi connectivity index (χ1v) is 5.80. The summed E-state index contributed by atoms with van der Waals surface area (Å²) in [7, 11) is 1.66. The van der Waals surface area contributed by atoms with E-state index < -0.39 is 0 Å². The van der Waals surface area contributed by atoms with E-state index in [0.717, 1.165) is 27.4 Å². The standard InChI is InChI=1S/C12H13NO2S/c1-7-8(2)10(15-3)5-4-9(7)12-13-11(14)6-16-12/h4-6,14H,1-3H3. The van der Waals surface area contributed by atoms with Gasteiger partial charge in [-0.1, -0.05) is 0 Å². The van der Waals surface area contributed by atoms with E-state index in [4.69, 9.17) is 4.74 Å². The maximum atomic E-state index is 9.25. The normalized spacial score (nSPS) is 10.4. The van der Waals surface area contributed by atoms with E-state index >= 15 is 0 Å². The van der Waals surface area contributed by atoms with E-state index in [1.54, 1.807) is 12.5 Å². The van der Waals surface area contributed by atoms with Gasteiger partial charge in [0.25, 0.3) is 0 Å². The zero-order chi connectivity index (χ0) is 11.7. The van der Waals surface area contributed by atoms with Crippen LogP contribution in [0.5, 0.6) is 11.6 Å². The highest BCUT2D eigenvalue weighted by Gasteiger charge is 2.11. The number of benzene rings is 1. The van der Waals surface area contributed by atoms with Crippen molar-refractivity contribution in [3.8, 4) is 22.2 Å². The average molecular weight is 235 g/mol. The van der Waals surface area contributed by atoms with Crippen molar-refractivity contribution in [3.05, 3.63) is 28.6 Å². The Labute approximate surface area is 98.4 Å². The average Bonchev–Trinajstić information content (AvgIpc) is 2.69. The molecule has 1 heterocycles. The molecule has 3 nitrogen and oxygen atoms in total. The quantitative estimate of drug-likeness (QED) is 0.869. The number of thiazole rings is 1. The number of rotatable bonds is 2. The Morgan fingerprint density at radius 2 is 2.00 bits per heavy atom. The molecule has 0 spiro atoms. The van der Waals surface area contributed by atoms with E-state index in [9.17, 15) is 5.11 Å². The minimum atomic E-state index is 0.0767. The molecule has 0 atom stereocenters. The molecule has 0 saturated heterocycles. The summed E-state index contributed by atoms with van der Waals surface area (Å²) in [5.74, 6) is 0.954. The van der Waals surface area contributed by atoms with Gasteiger partial charge in [0.1, 0.15) is 10.8 Å². The SMILES string of the molecule is COc1ccc(-c2nc(O)cs2)c(C)c1C. The van der Waals surface area contributed by atoms with E-state index in [0.29, 0.717) is 0 Å². The maximum Gasteiger partial charge on any atom is 0.222 e. The first-order chi connectivity index (χ1) is 7.63. The van der Waals surface area contributed by atoms with E-state index in [-0.39, 0.29) is 5.88 Å². The zero-order valence-electron chi connectivity index (χ0n) is 9.44. The summed E-state index contributed by atoms with van der Waals surface area (Å²) < 4.78 is 5.26. The molecular weight excluding hydrogens is 222 g/mol. The lowest BCUT2D eigenvalue weighted by Gasteiger charge is -2.10. The van der Waals surface area contributed by atoms with Gasteiger partial charge in [-0.05, 0) is 37.1 Å². The third-order valence-corrected chi connectivity index (χ3v) is 3.54. The predicted molar refractivity (Wildman–Crippen MR) is 65.2 cm³/mol. The molecule has 16 heavy (non-hydrogen) atoms. The third-order valence-electron chi connectivity index (χ3n) is 2.68. The molecule has 0 amide bonds. The lowest BCUT2D eigenvalue weighted by atomic mass is 10.0. The van der Waals surface area contributed by atoms with Crippen molar-refractivity contribution >= 4 is 11.3 Å². The Balaban J connectivity index is 2.55. The molecule has 84 valence electrons. The molecule has 4 heteroatoms. The maximum absolute atomic E-state index is 9.25. The topological polar surface area (TPSA) is 42.4 Å². The molecule has 0 radical (unpaired) electrons. The summed E-state index contributed by atoms with van der Waals surface area (Å²) in [5.41, 5.74) is 3.28. The Morgan fingerprint density at radius 1 is 1.25 bits per heavy atom. The van der Waals surface area contributed by atoms with Crippen LogP contribution in [0.2, 0.25) is 0 Å². The predicted octanol–water partition coefficient (Wildman–Crippen LogP) is 3.14. The second-order valence-electron chi connectivity index (χ2n) is 3.58. The molecule has 0 unspecified atom stereocenters. The fourth-order valence-electron chi connectivity index (χ4n) is 1.64. The first kappa shape index (κ1) is 11.0. The van der Waals surface area contributed by atoms with Crippen molar-refractivity contribution in [2.45, 2.75) is 13.8 Å². The lowest BCUT2D eigenvalue weighted by molar-refractivity contribution is 0.411. The van der Waals surface area contributed by atoms with Crippen LogP contribution >= 0.6 is 11.3 Å². The molecule has 0 fully saturated rings. The van der Waals surface area contributed by atoms with Crippen LogP contribution in [0.1, 0.15) is 11.1 Å². The van der Waals surface area contributed by atoms with Crippen LogP contribution in [0.25, 0.3) is 10.6 Å². The van der Waals surface area contributed by atoms with Crippen LogP contribution in [0.15, 0.2) is 17.5 Å². The first-order valence-electron chi connectivity index (χ1n) is 4.92. The minimum Gasteiger partial charge on any atom is -0.496 e. The summed E-state index contributed by atoms with van der Waals surface area (Å²) in [4.78, 5) is 4.07. The van der Waals surface area contributed by atoms with Gasteiger partial charge in [-0.3, -0.25) is 0 Å². The fraction of sp³-hybridized carbons (Fsp3) is 0.250. The van der Waals surface area contributed by atoms with Crippen LogP contribution < -0.4 is 4.74 Å². The summed E-state index contributed by atoms with van der Waals surface area (Å²) in [6, 6.07) is 3.90. The van der Waals surface area contributed by atoms with E-state index in [1.807, 2.05) is 26.0 Å². The van der Waals surface area contributed by atoms with Gasteiger partial charge in [-0.2, -0.15) is 0 Å². The van der Waals surface area contributed by atoms with Gasteiger partial charge in [0.2, 0.25) is 5.88 Å². The van der Waals surface area contributed by atoms with Crippen molar-refractivity contribution in [1.29, 1.82) is 0 Å². The van der Waals surface area contributed by atoms with Crippen molar-refractivity contribution < 1.29 is 9.84 Å². The monoisotopic (exact) mass is 235 g/mol. The van der Waals surface area contributed by atoms with Gasteiger partial charge >= 0.3 is 0 Å². The Bertz CT molecular complexity index is 520. The smallest absolute Gasteiger partial charge is 0.222 e. The van der Waals surface area contributed by atoms with Gasteiger partial charge in [-0.25, -0.2) is 4.98 Å². The molecule has 0 saturated carbocycles. The van der Waals surface area contributed by atoms with Gasteiger partial charge in [0.05, 0.1) is 12.5 Å². The highest BCUT2D eigenvalue weighted by Crippen LogP contribution is 2.33. The number of ether oxygens (including phenoxy) is 1. The largest absolute Gasteiger partial charge is 0.496 e. The van der Waals surface area contributed by atoms with E-state index in [2.05, 4.69) is 4.98 Å². The molecule has 0 aliphatic rings. The molecule has 0 aliphatic carbocycles. The fourth-order valence-corrected chi connectivity index (χ4v) is 2.40. The number of aromatic hydroxyl groups is 1. The lowest BCUT2D eigenvalue weighted by Crippen LogP contribution is -1.92. The molecule has 0 aliphatic heterocycles. The van der Waals surface area contributed by atoms with Crippen molar-refractivity contribution in [1.82, 2.24) is 4.98 Å². The molecule has 1 aromatic carbocycles. The summed E-state index contributed by atoms with van der Waals surface area (Å²) in [6.07, 6.45) is 0. The molecule has 1 aromatic heterocycles. The van der Waals surface area contributed by atoms with Gasteiger partial charge in [-0.15, -0.1) is 11.3 Å². The third kappa shape index (κ3) is 1.76. The summed E-state index contributed by atoms with van der Waals surface area (Å²) in [5, 5.41) is 11.7. The minimum absolute atomic E-state index is 0.0767. The Hall–Kier alpha value is -1.55. The highest BCUT2D eigenvalue weighted by atomic mass is 32.1. The number of methoxy groups -OCH3 is 1. The van der Waals surface area contributed by atoms with Crippen LogP contribution in [-0.2, 0) is 0 Å². The second-order valence-corrected chi connectivity index (χ2v) is 4.43. The molecular formula is C12H13NO2S. The van der Waals surface area contributed by atoms with Crippen LogP contribution in [0.3, 0.4) is 0 Å². The second kappa shape index (κ2) is 4.14. The van der Waals surface area contributed by atoms with Crippen molar-refractivity contribution in [2.75, 3.05) is 7.11 Å². The molecule has 2 rings (SSSR count). The Morgan fingerprint density at radius 3 is 2.56 bits per heavy atom. The number of hydrogen-bond acceptors (Lipinski definition) is 4. The number of hydrogen-bond donors (Lipinski definition) is 1. The number of nitrogens with zero attached hydrogens (tertiary/aromatic N) is 1. The Kier molecular flexibility index (Phi) is 2.83. The van der Waals surface area contributed by atoms with Gasteiger partial charge in [0, 0.05) is 5.56 Å². The van der Waals surface area contributed by atoms with Crippen LogP contribution in [-0.4, -0.2) is 17.2 Å². The van der Waals surface area contributed by atoms with Gasteiger partial charge < -0.3 is 9.84 Å². The van der Waals surface area contributed by atoms with Crippen molar-refractivity contribution in [3.63, 3.8) is 0 Å². The molecule has 2 aromatic rings. The van der Waals surface area contributed by atoms with E-state index in [1.165, 1.54) is 11.3 Å². The summed E-state index contributed by atoms with van der Waals surface area (Å²) >= 11 is 1.44. The van der Waals surface area contributed by atoms with Crippen molar-refractivity contribution in [2.24, 2.45) is 0 Å². The molecule has 0 bridgehead atoms. The van der Waals surface area contributed by atoms with Crippen LogP contribution in [0.4, 0.5) is 0 Å². The van der Waals surface area contributed by atoms with Gasteiger partial charge in [0.15, 0.2) is 0 Å². The van der Waals surface area contributed by atoms with Crippen LogP contribution in [0, 0.1) is 13.8 Å². The number of aromatic nitrogens is 1. The molecule has 1 N–H and O–H groups in total. The zero-order valence-corrected chi connectivity index (χ0v) is 10.3.